The molecular weight excluding hydrogens is 413 g/mol. The molecule has 0 aliphatic carbocycles. The first-order valence-corrected chi connectivity index (χ1v) is 8.43. The molecule has 2 atom stereocenters. The molecule has 3 rings (SSSR count). The smallest absolute Gasteiger partial charge is 0.329 e. The summed E-state index contributed by atoms with van der Waals surface area (Å²) in [5.74, 6) is -0.226. The van der Waals surface area contributed by atoms with Gasteiger partial charge in [0.2, 0.25) is 0 Å². The number of anilines is 1. The number of rotatable bonds is 3. The maximum absolute atomic E-state index is 12.2. The zero-order valence-electron chi connectivity index (χ0n) is 12.0. The molecule has 114 valence electrons. The summed E-state index contributed by atoms with van der Waals surface area (Å²) in [7, 11) is 0. The van der Waals surface area contributed by atoms with Gasteiger partial charge in [-0.15, -0.1) is 0 Å². The number of halogens is 2. The van der Waals surface area contributed by atoms with E-state index in [0.717, 1.165) is 14.8 Å². The molecule has 2 unspecified atom stereocenters. The highest BCUT2D eigenvalue weighted by Gasteiger charge is 2.44. The third kappa shape index (κ3) is 3.22. The number of benzene rings is 2. The number of ether oxygens (including phenoxy) is 1. The van der Waals surface area contributed by atoms with E-state index in [1.165, 1.54) is 0 Å². The number of carbonyl (C=O) groups excluding carboxylic acids is 1. The second kappa shape index (κ2) is 6.08. The van der Waals surface area contributed by atoms with Crippen molar-refractivity contribution in [1.82, 2.24) is 0 Å². The van der Waals surface area contributed by atoms with Crippen LogP contribution in [0.1, 0.15) is 18.9 Å². The molecule has 1 aliphatic rings. The topological polar surface area (TPSA) is 38.3 Å². The lowest BCUT2D eigenvalue weighted by atomic mass is 9.91. The molecule has 1 heterocycles. The third-order valence-corrected chi connectivity index (χ3v) is 4.82. The van der Waals surface area contributed by atoms with Gasteiger partial charge in [0.1, 0.15) is 11.6 Å². The Bertz CT molecular complexity index is 687. The lowest BCUT2D eigenvalue weighted by Crippen LogP contribution is -2.25. The van der Waals surface area contributed by atoms with Crippen LogP contribution in [0.25, 0.3) is 0 Å². The molecule has 2 aromatic carbocycles. The zero-order valence-corrected chi connectivity index (χ0v) is 14.9. The largest absolute Gasteiger partial charge is 0.453 e. The number of hydrogen-bond acceptors (Lipinski definition) is 3. The molecular formula is C17H15ClINO2. The Morgan fingerprint density at radius 1 is 1.18 bits per heavy atom. The Morgan fingerprint density at radius 3 is 2.45 bits per heavy atom. The first-order valence-electron chi connectivity index (χ1n) is 6.97. The Balaban J connectivity index is 1.77. The Labute approximate surface area is 148 Å². The predicted octanol–water partition coefficient (Wildman–Crippen LogP) is 4.59. The lowest BCUT2D eigenvalue weighted by molar-refractivity contribution is -0.148. The molecule has 2 aromatic rings. The van der Waals surface area contributed by atoms with Gasteiger partial charge in [0.05, 0.1) is 0 Å². The molecule has 1 saturated heterocycles. The number of carbonyl (C=O) groups is 1. The highest BCUT2D eigenvalue weighted by atomic mass is 127. The van der Waals surface area contributed by atoms with Crippen molar-refractivity contribution >= 4 is 45.8 Å². The summed E-state index contributed by atoms with van der Waals surface area (Å²) in [5.41, 5.74) is 1.25. The summed E-state index contributed by atoms with van der Waals surface area (Å²) in [6.07, 6.45) is 0.583. The second-order valence-electron chi connectivity index (χ2n) is 5.57. The fourth-order valence-corrected chi connectivity index (χ4v) is 3.13. The predicted molar refractivity (Wildman–Crippen MR) is 96.1 cm³/mol. The molecule has 22 heavy (non-hydrogen) atoms. The zero-order chi connectivity index (χ0) is 15.7. The minimum atomic E-state index is -0.622. The van der Waals surface area contributed by atoms with Crippen LogP contribution in [0.4, 0.5) is 5.69 Å². The second-order valence-corrected chi connectivity index (χ2v) is 7.25. The molecule has 0 radical (unpaired) electrons. The van der Waals surface area contributed by atoms with Crippen molar-refractivity contribution in [2.45, 2.75) is 25.0 Å². The standard InChI is InChI=1S/C17H15ClINO2/c1-17(11-2-4-12(18)5-3-11)10-15(16(21)22-17)20-14-8-6-13(19)7-9-14/h2-9,15,20H,10H2,1H3. The van der Waals surface area contributed by atoms with Crippen molar-refractivity contribution < 1.29 is 9.53 Å². The van der Waals surface area contributed by atoms with Crippen LogP contribution in [0.15, 0.2) is 48.5 Å². The van der Waals surface area contributed by atoms with Crippen molar-refractivity contribution in [3.63, 3.8) is 0 Å². The van der Waals surface area contributed by atoms with Crippen LogP contribution in [-0.4, -0.2) is 12.0 Å². The van der Waals surface area contributed by atoms with Gasteiger partial charge in [0.15, 0.2) is 0 Å². The summed E-state index contributed by atoms with van der Waals surface area (Å²) in [5, 5.41) is 3.92. The van der Waals surface area contributed by atoms with Crippen molar-refractivity contribution in [3.8, 4) is 0 Å². The fraction of sp³-hybridized carbons (Fsp3) is 0.235. The van der Waals surface area contributed by atoms with Crippen molar-refractivity contribution in [2.75, 3.05) is 5.32 Å². The van der Waals surface area contributed by atoms with E-state index in [4.69, 9.17) is 16.3 Å². The van der Waals surface area contributed by atoms with Gasteiger partial charge in [-0.3, -0.25) is 0 Å². The van der Waals surface area contributed by atoms with Crippen LogP contribution in [-0.2, 0) is 15.1 Å². The van der Waals surface area contributed by atoms with Gasteiger partial charge in [-0.05, 0) is 71.5 Å². The van der Waals surface area contributed by atoms with Gasteiger partial charge in [-0.1, -0.05) is 23.7 Å². The van der Waals surface area contributed by atoms with E-state index < -0.39 is 5.60 Å². The summed E-state index contributed by atoms with van der Waals surface area (Å²) in [4.78, 5) is 12.2. The Hall–Kier alpha value is -1.27. The summed E-state index contributed by atoms with van der Waals surface area (Å²) in [6.45, 7) is 1.93. The van der Waals surface area contributed by atoms with E-state index in [0.29, 0.717) is 11.4 Å². The lowest BCUT2D eigenvalue weighted by Gasteiger charge is -2.23. The molecule has 3 nitrogen and oxygen atoms in total. The average molecular weight is 428 g/mol. The number of nitrogens with one attached hydrogen (secondary N) is 1. The van der Waals surface area contributed by atoms with E-state index in [1.807, 2.05) is 55.5 Å². The van der Waals surface area contributed by atoms with Gasteiger partial charge >= 0.3 is 5.97 Å². The maximum Gasteiger partial charge on any atom is 0.329 e. The molecule has 1 N–H and O–H groups in total. The molecule has 0 spiro atoms. The number of esters is 1. The van der Waals surface area contributed by atoms with Crippen LogP contribution in [0.5, 0.6) is 0 Å². The van der Waals surface area contributed by atoms with Gasteiger partial charge in [0, 0.05) is 20.7 Å². The highest BCUT2D eigenvalue weighted by Crippen LogP contribution is 2.38. The quantitative estimate of drug-likeness (QED) is 0.575. The maximum atomic E-state index is 12.2. The van der Waals surface area contributed by atoms with Crippen molar-refractivity contribution in [1.29, 1.82) is 0 Å². The highest BCUT2D eigenvalue weighted by molar-refractivity contribution is 14.1. The summed E-state index contributed by atoms with van der Waals surface area (Å²) < 4.78 is 6.79. The molecule has 0 aromatic heterocycles. The average Bonchev–Trinajstić information content (AvgIpc) is 2.77. The van der Waals surface area contributed by atoms with E-state index in [-0.39, 0.29) is 12.0 Å². The Morgan fingerprint density at radius 2 is 1.82 bits per heavy atom. The van der Waals surface area contributed by atoms with Crippen LogP contribution in [0, 0.1) is 3.57 Å². The molecule has 1 aliphatic heterocycles. The summed E-state index contributed by atoms with van der Waals surface area (Å²) in [6, 6.07) is 15.0. The minimum Gasteiger partial charge on any atom is -0.453 e. The van der Waals surface area contributed by atoms with Crippen LogP contribution in [0.3, 0.4) is 0 Å². The van der Waals surface area contributed by atoms with Gasteiger partial charge in [-0.25, -0.2) is 4.79 Å². The van der Waals surface area contributed by atoms with Gasteiger partial charge in [0.25, 0.3) is 0 Å². The molecule has 0 bridgehead atoms. The first-order chi connectivity index (χ1) is 10.5. The van der Waals surface area contributed by atoms with Crippen LogP contribution >= 0.6 is 34.2 Å². The minimum absolute atomic E-state index is 0.226. The van der Waals surface area contributed by atoms with Crippen molar-refractivity contribution in [2.24, 2.45) is 0 Å². The fourth-order valence-electron chi connectivity index (χ4n) is 2.64. The summed E-state index contributed by atoms with van der Waals surface area (Å²) >= 11 is 8.17. The van der Waals surface area contributed by atoms with Crippen LogP contribution < -0.4 is 5.32 Å². The van der Waals surface area contributed by atoms with Crippen molar-refractivity contribution in [3.05, 3.63) is 62.7 Å². The van der Waals surface area contributed by atoms with Gasteiger partial charge in [-0.2, -0.15) is 0 Å². The molecule has 0 saturated carbocycles. The van der Waals surface area contributed by atoms with E-state index >= 15 is 0 Å². The van der Waals surface area contributed by atoms with Gasteiger partial charge < -0.3 is 10.1 Å². The molecule has 0 amide bonds. The number of hydrogen-bond donors (Lipinski definition) is 1. The SMILES string of the molecule is CC1(c2ccc(Cl)cc2)CC(Nc2ccc(I)cc2)C(=O)O1. The molecule has 1 fully saturated rings. The third-order valence-electron chi connectivity index (χ3n) is 3.84. The van der Waals surface area contributed by atoms with E-state index in [2.05, 4.69) is 27.9 Å². The van der Waals surface area contributed by atoms with E-state index in [1.54, 1.807) is 0 Å². The Kier molecular flexibility index (Phi) is 4.32. The normalized spacial score (nSPS) is 24.1. The first kappa shape index (κ1) is 15.6. The van der Waals surface area contributed by atoms with E-state index in [9.17, 15) is 4.79 Å². The number of cyclic esters (lactones) is 1. The molecule has 5 heteroatoms. The van der Waals surface area contributed by atoms with Crippen LogP contribution in [0.2, 0.25) is 5.02 Å². The monoisotopic (exact) mass is 427 g/mol.